The van der Waals surface area contributed by atoms with Crippen molar-refractivity contribution >= 4 is 39.6 Å². The molecule has 21 heavy (non-hydrogen) atoms. The average Bonchev–Trinajstić information content (AvgIpc) is 2.34. The molecule has 1 rings (SSSR count). The monoisotopic (exact) mass is 358 g/mol. The van der Waals surface area contributed by atoms with Crippen LogP contribution in [0.2, 0.25) is 0 Å². The van der Waals surface area contributed by atoms with Crippen molar-refractivity contribution in [1.29, 1.82) is 0 Å². The Morgan fingerprint density at radius 2 is 1.71 bits per heavy atom. The van der Waals surface area contributed by atoms with Crippen molar-refractivity contribution < 1.29 is 24.6 Å². The lowest BCUT2D eigenvalue weighted by atomic mass is 10.1. The van der Waals surface area contributed by atoms with E-state index in [1.165, 1.54) is 0 Å². The molecule has 8 heteroatoms. The van der Waals surface area contributed by atoms with Crippen molar-refractivity contribution in [3.05, 3.63) is 27.7 Å². The minimum Gasteiger partial charge on any atom is -0.481 e. The number of halogens is 1. The van der Waals surface area contributed by atoms with Gasteiger partial charge in [0.2, 0.25) is 0 Å². The molecular formula is C13H15BrN2O5. The summed E-state index contributed by atoms with van der Waals surface area (Å²) in [5.41, 5.74) is 2.31. The van der Waals surface area contributed by atoms with E-state index in [0.717, 1.165) is 15.6 Å². The van der Waals surface area contributed by atoms with Gasteiger partial charge in [-0.15, -0.1) is 0 Å². The summed E-state index contributed by atoms with van der Waals surface area (Å²) in [6.45, 7) is 3.70. The van der Waals surface area contributed by atoms with E-state index in [0.29, 0.717) is 5.69 Å². The number of hydrogen-bond donors (Lipinski definition) is 4. The summed E-state index contributed by atoms with van der Waals surface area (Å²) in [4.78, 5) is 33.1. The third-order valence-corrected chi connectivity index (χ3v) is 3.93. The van der Waals surface area contributed by atoms with Gasteiger partial charge >= 0.3 is 18.0 Å². The number of carboxylic acids is 2. The Hall–Kier alpha value is -2.09. The summed E-state index contributed by atoms with van der Waals surface area (Å²) in [6.07, 6.45) is -0.693. The third-order valence-electron chi connectivity index (χ3n) is 2.68. The highest BCUT2D eigenvalue weighted by Gasteiger charge is 2.23. The van der Waals surface area contributed by atoms with Gasteiger partial charge in [0.25, 0.3) is 0 Å². The maximum Gasteiger partial charge on any atom is 0.326 e. The molecule has 1 aromatic rings. The smallest absolute Gasteiger partial charge is 0.326 e. The zero-order valence-electron chi connectivity index (χ0n) is 11.4. The third kappa shape index (κ3) is 5.07. The zero-order valence-corrected chi connectivity index (χ0v) is 13.0. The fourth-order valence-electron chi connectivity index (χ4n) is 1.72. The van der Waals surface area contributed by atoms with Crippen molar-refractivity contribution in [2.75, 3.05) is 5.32 Å². The first-order chi connectivity index (χ1) is 9.70. The number of anilines is 1. The Kier molecular flexibility index (Phi) is 5.71. The minimum absolute atomic E-state index is 0.491. The molecule has 0 saturated carbocycles. The number of carbonyl (C=O) groups excluding carboxylic acids is 1. The molecule has 0 aliphatic rings. The Balaban J connectivity index is 2.76. The fourth-order valence-corrected chi connectivity index (χ4v) is 1.95. The number of aliphatic carboxylic acids is 2. The molecule has 4 N–H and O–H groups in total. The number of carboxylic acid groups (broad SMARTS) is 2. The van der Waals surface area contributed by atoms with E-state index in [9.17, 15) is 14.4 Å². The van der Waals surface area contributed by atoms with Crippen LogP contribution >= 0.6 is 15.9 Å². The van der Waals surface area contributed by atoms with E-state index in [4.69, 9.17) is 10.2 Å². The fraction of sp³-hybridized carbons (Fsp3) is 0.308. The van der Waals surface area contributed by atoms with Crippen LogP contribution in [-0.2, 0) is 9.59 Å². The minimum atomic E-state index is -1.49. The van der Waals surface area contributed by atoms with Gasteiger partial charge in [0.1, 0.15) is 6.04 Å². The van der Waals surface area contributed by atoms with Crippen LogP contribution in [0.15, 0.2) is 16.6 Å². The summed E-state index contributed by atoms with van der Waals surface area (Å²) in [7, 11) is 0. The Morgan fingerprint density at radius 1 is 1.19 bits per heavy atom. The van der Waals surface area contributed by atoms with Gasteiger partial charge in [-0.3, -0.25) is 4.79 Å². The van der Waals surface area contributed by atoms with Crippen LogP contribution in [0.5, 0.6) is 0 Å². The standard InChI is InChI=1S/C13H15BrN2O5/c1-6-3-8(4-7(2)11(6)14)15-13(21)16-9(12(19)20)5-10(17)18/h3-4,9H,5H2,1-2H3,(H,17,18)(H,19,20)(H2,15,16,21)/t9-/m0/s1. The highest BCUT2D eigenvalue weighted by molar-refractivity contribution is 9.10. The molecule has 0 heterocycles. The Bertz CT molecular complexity index is 565. The average molecular weight is 359 g/mol. The summed E-state index contributed by atoms with van der Waals surface area (Å²) < 4.78 is 0.919. The molecule has 114 valence electrons. The highest BCUT2D eigenvalue weighted by atomic mass is 79.9. The van der Waals surface area contributed by atoms with Gasteiger partial charge in [-0.05, 0) is 37.1 Å². The van der Waals surface area contributed by atoms with Crippen LogP contribution in [0.1, 0.15) is 17.5 Å². The molecule has 0 saturated heterocycles. The molecule has 0 fully saturated rings. The SMILES string of the molecule is Cc1cc(NC(=O)N[C@@H](CC(=O)O)C(=O)O)cc(C)c1Br. The number of carbonyl (C=O) groups is 3. The summed E-state index contributed by atoms with van der Waals surface area (Å²) in [6, 6.07) is 1.16. The normalized spacial score (nSPS) is 11.6. The predicted molar refractivity (Wildman–Crippen MR) is 79.4 cm³/mol. The van der Waals surface area contributed by atoms with E-state index in [-0.39, 0.29) is 0 Å². The molecule has 0 aromatic heterocycles. The Morgan fingerprint density at radius 3 is 2.14 bits per heavy atom. The van der Waals surface area contributed by atoms with Gasteiger partial charge in [-0.25, -0.2) is 9.59 Å². The van der Waals surface area contributed by atoms with Crippen molar-refractivity contribution in [1.82, 2.24) is 5.32 Å². The van der Waals surface area contributed by atoms with Gasteiger partial charge in [-0.2, -0.15) is 0 Å². The summed E-state index contributed by atoms with van der Waals surface area (Å²) in [5.74, 6) is -2.71. The molecule has 0 bridgehead atoms. The van der Waals surface area contributed by atoms with Crippen LogP contribution < -0.4 is 10.6 Å². The van der Waals surface area contributed by atoms with Crippen LogP contribution in [0.3, 0.4) is 0 Å². The molecule has 0 radical (unpaired) electrons. The second-order valence-corrected chi connectivity index (χ2v) is 5.30. The van der Waals surface area contributed by atoms with E-state index in [1.807, 2.05) is 13.8 Å². The van der Waals surface area contributed by atoms with Gasteiger partial charge < -0.3 is 20.8 Å². The lowest BCUT2D eigenvalue weighted by Gasteiger charge is -2.14. The second-order valence-electron chi connectivity index (χ2n) is 4.51. The number of aryl methyl sites for hydroxylation is 2. The van der Waals surface area contributed by atoms with Gasteiger partial charge in [0, 0.05) is 10.2 Å². The van der Waals surface area contributed by atoms with Crippen molar-refractivity contribution in [2.45, 2.75) is 26.3 Å². The molecule has 1 aromatic carbocycles. The van der Waals surface area contributed by atoms with E-state index in [1.54, 1.807) is 12.1 Å². The summed E-state index contributed by atoms with van der Waals surface area (Å²) >= 11 is 3.39. The first kappa shape index (κ1) is 17.0. The first-order valence-electron chi connectivity index (χ1n) is 5.99. The lowest BCUT2D eigenvalue weighted by Crippen LogP contribution is -2.44. The van der Waals surface area contributed by atoms with Crippen molar-refractivity contribution in [3.8, 4) is 0 Å². The van der Waals surface area contributed by atoms with Crippen LogP contribution in [-0.4, -0.2) is 34.2 Å². The van der Waals surface area contributed by atoms with E-state index >= 15 is 0 Å². The molecule has 0 aliphatic heterocycles. The lowest BCUT2D eigenvalue weighted by molar-refractivity contribution is -0.145. The predicted octanol–water partition coefficient (Wildman–Crippen LogP) is 2.12. The number of nitrogens with one attached hydrogen (secondary N) is 2. The van der Waals surface area contributed by atoms with Gasteiger partial charge in [0.15, 0.2) is 0 Å². The zero-order chi connectivity index (χ0) is 16.2. The van der Waals surface area contributed by atoms with Crippen LogP contribution in [0.4, 0.5) is 10.5 Å². The molecule has 7 nitrogen and oxygen atoms in total. The van der Waals surface area contributed by atoms with Crippen LogP contribution in [0.25, 0.3) is 0 Å². The second kappa shape index (κ2) is 7.07. The first-order valence-corrected chi connectivity index (χ1v) is 6.79. The molecule has 0 unspecified atom stereocenters. The summed E-state index contributed by atoms with van der Waals surface area (Å²) in [5, 5.41) is 22.0. The van der Waals surface area contributed by atoms with E-state index in [2.05, 4.69) is 26.6 Å². The number of rotatable bonds is 5. The van der Waals surface area contributed by atoms with Crippen molar-refractivity contribution in [2.24, 2.45) is 0 Å². The maximum atomic E-state index is 11.7. The topological polar surface area (TPSA) is 116 Å². The van der Waals surface area contributed by atoms with Crippen LogP contribution in [0, 0.1) is 13.8 Å². The van der Waals surface area contributed by atoms with Gasteiger partial charge in [0.05, 0.1) is 6.42 Å². The largest absolute Gasteiger partial charge is 0.481 e. The van der Waals surface area contributed by atoms with E-state index < -0.39 is 30.4 Å². The number of amides is 2. The number of benzene rings is 1. The molecule has 0 aliphatic carbocycles. The quantitative estimate of drug-likeness (QED) is 0.643. The number of urea groups is 1. The highest BCUT2D eigenvalue weighted by Crippen LogP contribution is 2.24. The molecule has 2 amide bonds. The van der Waals surface area contributed by atoms with Gasteiger partial charge in [-0.1, -0.05) is 15.9 Å². The molecule has 1 atom stereocenters. The van der Waals surface area contributed by atoms with Crippen molar-refractivity contribution in [3.63, 3.8) is 0 Å². The molecule has 0 spiro atoms. The molecular weight excluding hydrogens is 344 g/mol. The maximum absolute atomic E-state index is 11.7. The Labute approximate surface area is 129 Å². The number of hydrogen-bond acceptors (Lipinski definition) is 3.